The van der Waals surface area contributed by atoms with E-state index in [1.807, 2.05) is 6.92 Å². The number of esters is 1. The van der Waals surface area contributed by atoms with Crippen molar-refractivity contribution >= 4 is 24.3 Å². The van der Waals surface area contributed by atoms with Crippen LogP contribution < -0.4 is 0 Å². The summed E-state index contributed by atoms with van der Waals surface area (Å²) in [6, 6.07) is 3.40. The average molecular weight is 397 g/mol. The number of aryl methyl sites for hydroxylation is 1. The molecule has 0 unspecified atom stereocenters. The quantitative estimate of drug-likeness (QED) is 0.363. The Balaban J connectivity index is 0.00000176. The third-order valence-electron chi connectivity index (χ3n) is 4.13. The highest BCUT2D eigenvalue weighted by Gasteiger charge is 2.25. The van der Waals surface area contributed by atoms with Crippen LogP contribution in [0.1, 0.15) is 46.7 Å². The molecule has 0 aliphatic heterocycles. The molecule has 0 amide bonds. The second-order valence-electron chi connectivity index (χ2n) is 5.45. The lowest BCUT2D eigenvalue weighted by Gasteiger charge is -2.16. The molecule has 0 saturated carbocycles. The van der Waals surface area contributed by atoms with Crippen molar-refractivity contribution in [2.75, 3.05) is 6.61 Å². The Morgan fingerprint density at radius 3 is 2.26 bits per heavy atom. The maximum atomic E-state index is 12.1. The van der Waals surface area contributed by atoms with Gasteiger partial charge < -0.3 is 30.4 Å². The third-order valence-corrected chi connectivity index (χ3v) is 4.51. The fourth-order valence-corrected chi connectivity index (χ4v) is 3.26. The zero-order chi connectivity index (χ0) is 20.6. The predicted octanol–water partition coefficient (Wildman–Crippen LogP) is 2.82. The number of hydrogen-bond acceptors (Lipinski definition) is 6. The van der Waals surface area contributed by atoms with Gasteiger partial charge in [-0.15, -0.1) is 0 Å². The molecule has 0 aliphatic rings. The summed E-state index contributed by atoms with van der Waals surface area (Å²) in [4.78, 5) is 15.1. The minimum Gasteiger partial charge on any atom is -0.461 e. The van der Waals surface area contributed by atoms with Crippen molar-refractivity contribution in [1.82, 2.24) is 4.98 Å². The minimum atomic E-state index is -0.548. The number of carbonyl (C=O) groups is 1. The van der Waals surface area contributed by atoms with Gasteiger partial charge >= 0.3 is 5.97 Å². The summed E-state index contributed by atoms with van der Waals surface area (Å²) in [7, 11) is 0. The highest BCUT2D eigenvalue weighted by Crippen LogP contribution is 2.39. The number of H-pyrrole nitrogens is 1. The monoisotopic (exact) mass is 396 g/mol. The summed E-state index contributed by atoms with van der Waals surface area (Å²) < 4.78 is 5.02. The summed E-state index contributed by atoms with van der Waals surface area (Å²) in [5, 5.41) is 34.6. The van der Waals surface area contributed by atoms with E-state index in [0.29, 0.717) is 34.2 Å². The van der Waals surface area contributed by atoms with Crippen LogP contribution in [0.4, 0.5) is 0 Å². The van der Waals surface area contributed by atoms with Gasteiger partial charge in [-0.3, -0.25) is 0 Å². The van der Waals surface area contributed by atoms with Crippen molar-refractivity contribution in [2.45, 2.75) is 40.1 Å². The molecule has 1 aromatic carbocycles. The van der Waals surface area contributed by atoms with Gasteiger partial charge in [-0.05, 0) is 42.3 Å². The molecule has 0 fully saturated rings. The number of aromatic nitrogens is 1. The Bertz CT molecular complexity index is 789. The van der Waals surface area contributed by atoms with Crippen LogP contribution >= 0.6 is 11.6 Å². The maximum absolute atomic E-state index is 12.1. The van der Waals surface area contributed by atoms with Crippen molar-refractivity contribution in [3.05, 3.63) is 45.2 Å². The predicted molar refractivity (Wildman–Crippen MR) is 104 cm³/mol. The van der Waals surface area contributed by atoms with Gasteiger partial charge in [-0.25, -0.2) is 4.79 Å². The number of carbonyl (C=O) groups excluding carboxylic acids is 1. The Morgan fingerprint density at radius 2 is 1.78 bits per heavy atom. The van der Waals surface area contributed by atoms with Crippen LogP contribution in [0.25, 0.3) is 11.1 Å². The second kappa shape index (κ2) is 10.8. The lowest BCUT2D eigenvalue weighted by molar-refractivity contribution is 0.0520. The lowest BCUT2D eigenvalue weighted by atomic mass is 9.92. The molecule has 0 spiro atoms. The van der Waals surface area contributed by atoms with E-state index in [2.05, 4.69) is 11.7 Å². The molecular weight excluding hydrogens is 372 g/mol. The Labute approximate surface area is 163 Å². The zero-order valence-electron chi connectivity index (χ0n) is 15.4. The van der Waals surface area contributed by atoms with Crippen molar-refractivity contribution < 1.29 is 24.9 Å². The minimum absolute atomic E-state index is 0.163. The number of aliphatic hydroxyl groups is 3. The molecule has 0 bridgehead atoms. The molecule has 1 heterocycles. The van der Waals surface area contributed by atoms with E-state index in [-0.39, 0.29) is 37.1 Å². The number of halogens is 1. The molecule has 7 nitrogen and oxygen atoms in total. The summed E-state index contributed by atoms with van der Waals surface area (Å²) in [6.45, 7) is 5.44. The molecule has 8 heteroatoms. The maximum Gasteiger partial charge on any atom is 0.356 e. The summed E-state index contributed by atoms with van der Waals surface area (Å²) >= 11 is 6.45. The highest BCUT2D eigenvalue weighted by molar-refractivity contribution is 6.36. The van der Waals surface area contributed by atoms with Crippen LogP contribution in [0.3, 0.4) is 0 Å². The van der Waals surface area contributed by atoms with E-state index in [1.54, 1.807) is 19.1 Å². The van der Waals surface area contributed by atoms with Gasteiger partial charge in [-0.2, -0.15) is 0 Å². The molecule has 2 rings (SSSR count). The van der Waals surface area contributed by atoms with Crippen LogP contribution in [0.15, 0.2) is 12.1 Å². The molecule has 0 aliphatic carbocycles. The number of hydrogen-bond donors (Lipinski definition) is 5. The molecule has 148 valence electrons. The first kappa shape index (κ1) is 22.9. The number of nitrogens with one attached hydrogen (secondary N) is 2. The van der Waals surface area contributed by atoms with Crippen LogP contribution in [0.5, 0.6) is 0 Å². The fraction of sp³-hybridized carbons (Fsp3) is 0.368. The Kier molecular flexibility index (Phi) is 9.17. The molecule has 27 heavy (non-hydrogen) atoms. The molecule has 0 saturated heterocycles. The fourth-order valence-electron chi connectivity index (χ4n) is 2.92. The molecule has 0 atom stereocenters. The van der Waals surface area contributed by atoms with E-state index >= 15 is 0 Å². The Hall–Kier alpha value is -2.19. The number of aliphatic hydroxyl groups excluding tert-OH is 3. The first-order valence-corrected chi connectivity index (χ1v) is 8.81. The second-order valence-corrected chi connectivity index (χ2v) is 5.82. The number of ether oxygens (including phenoxy) is 1. The summed E-state index contributed by atoms with van der Waals surface area (Å²) in [5.41, 5.74) is 3.55. The largest absolute Gasteiger partial charge is 0.461 e. The average Bonchev–Trinajstić information content (AvgIpc) is 3.04. The standard InChI is InChI=1S/C18H22ClNO5.CH3N/c1-3-14-15(16(19)17(20-14)18(24)25-4-2)11-6-5-10(7-21)12(8-22)13(11)9-23;1-2/h5-6,20-23H,3-4,7-9H2,1-2H3;2H,1H2. The van der Waals surface area contributed by atoms with Crippen molar-refractivity contribution in [2.24, 2.45) is 0 Å². The normalized spacial score (nSPS) is 10.3. The van der Waals surface area contributed by atoms with E-state index in [0.717, 1.165) is 5.69 Å². The highest BCUT2D eigenvalue weighted by atomic mass is 35.5. The molecule has 0 radical (unpaired) electrons. The van der Waals surface area contributed by atoms with Crippen molar-refractivity contribution in [1.29, 1.82) is 5.41 Å². The summed E-state index contributed by atoms with van der Waals surface area (Å²) in [6.07, 6.45) is 0.579. The number of aromatic amines is 1. The van der Waals surface area contributed by atoms with E-state index in [4.69, 9.17) is 21.7 Å². The topological polar surface area (TPSA) is 127 Å². The van der Waals surface area contributed by atoms with Gasteiger partial charge in [0.2, 0.25) is 0 Å². The number of benzene rings is 1. The van der Waals surface area contributed by atoms with Crippen LogP contribution in [-0.4, -0.2) is 39.6 Å². The SMILES string of the molecule is C=N.CCOC(=O)c1[nH]c(CC)c(-c2ccc(CO)c(CO)c2CO)c1Cl. The first-order chi connectivity index (χ1) is 13.0. The first-order valence-electron chi connectivity index (χ1n) is 8.43. The molecule has 2 aromatic rings. The van der Waals surface area contributed by atoms with E-state index < -0.39 is 5.97 Å². The van der Waals surface area contributed by atoms with Crippen molar-refractivity contribution in [3.8, 4) is 11.1 Å². The van der Waals surface area contributed by atoms with Crippen LogP contribution in [0, 0.1) is 5.41 Å². The van der Waals surface area contributed by atoms with E-state index in [1.165, 1.54) is 0 Å². The van der Waals surface area contributed by atoms with Gasteiger partial charge in [0, 0.05) is 11.3 Å². The lowest BCUT2D eigenvalue weighted by Crippen LogP contribution is -2.05. The summed E-state index contributed by atoms with van der Waals surface area (Å²) in [5.74, 6) is -0.548. The van der Waals surface area contributed by atoms with Gasteiger partial charge in [0.1, 0.15) is 5.69 Å². The molecule has 5 N–H and O–H groups in total. The van der Waals surface area contributed by atoms with E-state index in [9.17, 15) is 20.1 Å². The number of rotatable bonds is 7. The van der Waals surface area contributed by atoms with Crippen LogP contribution in [-0.2, 0) is 31.0 Å². The van der Waals surface area contributed by atoms with Gasteiger partial charge in [-0.1, -0.05) is 30.7 Å². The Morgan fingerprint density at radius 1 is 1.15 bits per heavy atom. The van der Waals surface area contributed by atoms with Gasteiger partial charge in [0.25, 0.3) is 0 Å². The molecular formula is C19H25ClN2O5. The zero-order valence-corrected chi connectivity index (χ0v) is 16.2. The van der Waals surface area contributed by atoms with Gasteiger partial charge in [0.05, 0.1) is 31.5 Å². The smallest absolute Gasteiger partial charge is 0.356 e. The third kappa shape index (κ3) is 4.56. The van der Waals surface area contributed by atoms with Gasteiger partial charge in [0.15, 0.2) is 0 Å². The van der Waals surface area contributed by atoms with Crippen molar-refractivity contribution in [3.63, 3.8) is 0 Å². The molecule has 1 aromatic heterocycles. The van der Waals surface area contributed by atoms with Crippen LogP contribution in [0.2, 0.25) is 5.02 Å².